The maximum atomic E-state index is 13.2. The number of benzene rings is 3. The molecule has 0 saturated carbocycles. The summed E-state index contributed by atoms with van der Waals surface area (Å²) >= 11 is 0. The maximum absolute atomic E-state index is 13.2. The van der Waals surface area contributed by atoms with Crippen LogP contribution in [0.3, 0.4) is 0 Å². The lowest BCUT2D eigenvalue weighted by atomic mass is 10.8. The lowest BCUT2D eigenvalue weighted by Crippen LogP contribution is -2.35. The number of Topliss-reactive ketones (excluding diaryl/α,β-unsaturated/α-hetero) is 2. The van der Waals surface area contributed by atoms with Crippen molar-refractivity contribution in [3.63, 3.8) is 0 Å². The highest BCUT2D eigenvalue weighted by Gasteiger charge is 2.40. The van der Waals surface area contributed by atoms with Gasteiger partial charge in [0, 0.05) is 47.2 Å². The Balaban J connectivity index is 1.75. The van der Waals surface area contributed by atoms with Crippen molar-refractivity contribution in [2.75, 3.05) is 14.2 Å². The van der Waals surface area contributed by atoms with Crippen LogP contribution >= 0.6 is 0 Å². The molecule has 0 amide bonds. The Morgan fingerprint density at radius 2 is 1.40 bits per heavy atom. The molecule has 2 aliphatic carbocycles. The summed E-state index contributed by atoms with van der Waals surface area (Å²) in [5, 5.41) is 45.3. The van der Waals surface area contributed by atoms with E-state index in [9.17, 15) is 39.6 Å². The van der Waals surface area contributed by atoms with E-state index in [-0.39, 0.29) is 80.7 Å². The molecule has 0 aromatic heterocycles. The number of esters is 1. The van der Waals surface area contributed by atoms with Crippen LogP contribution in [0.25, 0.3) is 21.9 Å². The van der Waals surface area contributed by atoms with Crippen molar-refractivity contribution in [3.05, 3.63) is 57.9 Å². The van der Waals surface area contributed by atoms with E-state index in [1.165, 1.54) is 40.2 Å². The Labute approximate surface area is 244 Å². The number of hydrogen-bond acceptors (Lipinski definition) is 11. The zero-order valence-corrected chi connectivity index (χ0v) is 23.8. The maximum Gasteiger partial charge on any atom is 0.314 e. The molecule has 222 valence electrons. The first-order valence-corrected chi connectivity index (χ1v) is 13.5. The lowest BCUT2D eigenvalue weighted by Gasteiger charge is -2.30. The number of fused-ring (bicyclic) bond motifs is 6. The number of phenolic OH excluding ortho intramolecular Hbond substituents is 2. The summed E-state index contributed by atoms with van der Waals surface area (Å²) in [6, 6.07) is 4.27. The molecule has 11 nitrogen and oxygen atoms in total. The summed E-state index contributed by atoms with van der Waals surface area (Å²) in [6.07, 6.45) is 0.0936. The van der Waals surface area contributed by atoms with E-state index in [0.29, 0.717) is 5.56 Å². The largest absolute Gasteiger partial charge is 0.507 e. The van der Waals surface area contributed by atoms with Gasteiger partial charge in [0.05, 0.1) is 48.5 Å². The van der Waals surface area contributed by atoms with Crippen LogP contribution in [0.2, 0.25) is 0 Å². The lowest BCUT2D eigenvalue weighted by molar-refractivity contribution is -0.139. The summed E-state index contributed by atoms with van der Waals surface area (Å²) in [5.41, 5.74) is -2.93. The van der Waals surface area contributed by atoms with Crippen LogP contribution in [0, 0.1) is 0 Å². The first-order chi connectivity index (χ1) is 20.2. The van der Waals surface area contributed by atoms with E-state index in [0.717, 1.165) is 6.08 Å². The van der Waals surface area contributed by atoms with Gasteiger partial charge in [0.1, 0.15) is 23.0 Å². The number of methoxy groups -OCH3 is 2. The van der Waals surface area contributed by atoms with Crippen molar-refractivity contribution in [2.45, 2.75) is 50.7 Å². The van der Waals surface area contributed by atoms with Gasteiger partial charge < -0.3 is 34.6 Å². The quantitative estimate of drug-likeness (QED) is 0.188. The fraction of sp³-hybridized carbons (Fsp3) is 0.312. The molecule has 43 heavy (non-hydrogen) atoms. The van der Waals surface area contributed by atoms with Gasteiger partial charge in [-0.15, -0.1) is 0 Å². The Morgan fingerprint density at radius 1 is 0.744 bits per heavy atom. The highest BCUT2D eigenvalue weighted by atomic mass is 16.7. The molecule has 2 unspecified atom stereocenters. The van der Waals surface area contributed by atoms with Crippen molar-refractivity contribution < 1.29 is 53.8 Å². The standard InChI is InChI=1S/C32H28O11/c1-31(39)9-13-5-16-15(28(37)23(13)19(34)11-31)7-20-26(30(16)42-4)24-14(10-32(2,40)12-22(35)43-20)6-17-25(29(24)38)18(33)8-21(41-3)27(17)36/h5-8,37-40H,9-12H2,1-4H3/i1+1,2+1,5+1,6+1,7+1,8+1,9+1,10+1,11+1,12+1,13+1,14+1,15+1,16+1,17+1,18+1,19+1,20+1,21+1,22+1,23+1,24+1,25+1,26+1,27+1,28+1,29+1,30+1,31+1,32+1. The average molecular weight is 618 g/mol. The molecule has 1 heterocycles. The minimum atomic E-state index is -1.71. The highest BCUT2D eigenvalue weighted by molar-refractivity contribution is 6.26. The minimum Gasteiger partial charge on any atom is -0.507 e. The fourth-order valence-electron chi connectivity index (χ4n) is 6.46. The molecule has 3 aromatic rings. The molecule has 3 aromatic carbocycles. The van der Waals surface area contributed by atoms with Crippen molar-refractivity contribution in [2.24, 2.45) is 0 Å². The van der Waals surface area contributed by atoms with Gasteiger partial charge in [-0.2, -0.15) is 0 Å². The fourth-order valence-corrected chi connectivity index (χ4v) is 6.46. The van der Waals surface area contributed by atoms with Gasteiger partial charge in [0.25, 0.3) is 0 Å². The van der Waals surface area contributed by atoms with Crippen molar-refractivity contribution in [1.29, 1.82) is 0 Å². The second kappa shape index (κ2) is 9.38. The molecule has 1 aliphatic heterocycles. The van der Waals surface area contributed by atoms with Gasteiger partial charge in [0.2, 0.25) is 5.78 Å². The molecular formula is C32H28O11. The Bertz CT molecular complexity index is 1860. The number of phenols is 2. The first kappa shape index (κ1) is 28.4. The van der Waals surface area contributed by atoms with Crippen LogP contribution in [0.5, 0.6) is 23.0 Å². The van der Waals surface area contributed by atoms with Crippen molar-refractivity contribution in [3.8, 4) is 34.1 Å². The molecule has 0 radical (unpaired) electrons. The van der Waals surface area contributed by atoms with Crippen molar-refractivity contribution in [1.82, 2.24) is 0 Å². The zero-order chi connectivity index (χ0) is 31.2. The molecule has 0 fully saturated rings. The molecule has 3 aliphatic rings. The van der Waals surface area contributed by atoms with Gasteiger partial charge in [-0.3, -0.25) is 19.2 Å². The van der Waals surface area contributed by atoms with Gasteiger partial charge >= 0.3 is 5.97 Å². The van der Waals surface area contributed by atoms with Crippen LogP contribution in [0.1, 0.15) is 68.9 Å². The highest BCUT2D eigenvalue weighted by Crippen LogP contribution is 2.54. The van der Waals surface area contributed by atoms with E-state index < -0.39 is 52.4 Å². The summed E-state index contributed by atoms with van der Waals surface area (Å²) in [6.45, 7) is 2.91. The molecule has 6 rings (SSSR count). The Hall–Kier alpha value is -4.74. The number of hydrogen-bond donors (Lipinski definition) is 4. The molecular weight excluding hydrogens is 590 g/mol. The van der Waals surface area contributed by atoms with Crippen LogP contribution in [0.15, 0.2) is 30.0 Å². The van der Waals surface area contributed by atoms with Crippen LogP contribution in [-0.4, -0.2) is 69.2 Å². The molecule has 0 saturated heterocycles. The van der Waals surface area contributed by atoms with Crippen LogP contribution < -0.4 is 9.47 Å². The summed E-state index contributed by atoms with van der Waals surface area (Å²) in [5.74, 6) is -4.07. The van der Waals surface area contributed by atoms with E-state index >= 15 is 0 Å². The number of allylic oxidation sites excluding steroid dienone is 2. The van der Waals surface area contributed by atoms with Gasteiger partial charge in [-0.1, -0.05) is 0 Å². The van der Waals surface area contributed by atoms with E-state index in [2.05, 4.69) is 0 Å². The predicted octanol–water partition coefficient (Wildman–Crippen LogP) is 3.32. The second-order valence-electron chi connectivity index (χ2n) is 11.8. The minimum absolute atomic E-state index is 0.0109. The van der Waals surface area contributed by atoms with Gasteiger partial charge in [0.15, 0.2) is 17.3 Å². The number of ether oxygens (including phenoxy) is 3. The SMILES string of the molecule is CO[13C]1=[13CH][13C](=O)[13c]2[13c]([13cH][13c]3[13c]([13c]2O)-[13c]2[13c]([13cH][13c]4[13c](O)[13c]5[13c]([13cH][13c]4[13c]2OC)[13CH2][13C]([13CH3])(O)[13CH2][13C]5=O)O[13C](=O)[13CH2][13C]([13CH3])(O)[13CH2]3)[13C]1=O. The van der Waals surface area contributed by atoms with Gasteiger partial charge in [-0.25, -0.2) is 0 Å². The normalized spacial score (nSPS) is 23.2. The van der Waals surface area contributed by atoms with Crippen molar-refractivity contribution >= 4 is 34.1 Å². The molecule has 2 atom stereocenters. The average Bonchev–Trinajstić information content (AvgIpc) is 2.92. The summed E-state index contributed by atoms with van der Waals surface area (Å²) < 4.78 is 16.6. The molecule has 11 heteroatoms. The third kappa shape index (κ3) is 4.34. The Morgan fingerprint density at radius 3 is 2.05 bits per heavy atom. The number of ketones is 3. The molecule has 4 N–H and O–H groups in total. The topological polar surface area (TPSA) is 177 Å². The van der Waals surface area contributed by atoms with E-state index in [4.69, 9.17) is 14.2 Å². The number of carbonyl (C=O) groups excluding carboxylic acids is 4. The third-order valence-electron chi connectivity index (χ3n) is 8.16. The number of rotatable bonds is 2. The summed E-state index contributed by atoms with van der Waals surface area (Å²) in [7, 11) is 2.55. The second-order valence-corrected chi connectivity index (χ2v) is 11.8. The van der Waals surface area contributed by atoms with Gasteiger partial charge in [-0.05, 0) is 43.2 Å². The summed E-state index contributed by atoms with van der Waals surface area (Å²) in [4.78, 5) is 52.3. The monoisotopic (exact) mass is 618 g/mol. The number of aliphatic hydroxyl groups is 2. The van der Waals surface area contributed by atoms with Crippen LogP contribution in [0.4, 0.5) is 0 Å². The van der Waals surface area contributed by atoms with E-state index in [1.54, 1.807) is 6.07 Å². The van der Waals surface area contributed by atoms with E-state index in [1.807, 2.05) is 0 Å². The zero-order valence-electron chi connectivity index (χ0n) is 23.8. The third-order valence-corrected chi connectivity index (χ3v) is 8.16. The predicted molar refractivity (Wildman–Crippen MR) is 151 cm³/mol. The number of aromatic hydroxyl groups is 2. The van der Waals surface area contributed by atoms with Crippen LogP contribution in [-0.2, 0) is 22.4 Å². The smallest absolute Gasteiger partial charge is 0.314 e. The first-order valence-electron chi connectivity index (χ1n) is 13.5. The molecule has 0 bridgehead atoms. The Kier molecular flexibility index (Phi) is 6.19. The molecule has 0 spiro atoms. The number of carbonyl (C=O) groups is 4.